The summed E-state index contributed by atoms with van der Waals surface area (Å²) in [5.41, 5.74) is 0.635. The Labute approximate surface area is 103 Å². The van der Waals surface area contributed by atoms with Gasteiger partial charge in [-0.25, -0.2) is 8.42 Å². The van der Waals surface area contributed by atoms with E-state index in [2.05, 4.69) is 15.9 Å². The Morgan fingerprint density at radius 1 is 1.50 bits per heavy atom. The minimum Gasteiger partial charge on any atom is -0.494 e. The summed E-state index contributed by atoms with van der Waals surface area (Å²) in [5.74, 6) is 0.268. The molecule has 1 rings (SSSR count). The molecule has 0 unspecified atom stereocenters. The normalized spacial score (nSPS) is 10.9. The third-order valence-corrected chi connectivity index (χ3v) is 3.65. The summed E-state index contributed by atoms with van der Waals surface area (Å²) in [6.45, 7) is 0. The van der Waals surface area contributed by atoms with Crippen LogP contribution in [0.4, 0.5) is 0 Å². The van der Waals surface area contributed by atoms with Crippen molar-refractivity contribution in [1.29, 1.82) is 5.26 Å². The highest BCUT2D eigenvalue weighted by atomic mass is 79.9. The molecule has 0 amide bonds. The number of halogens is 1. The van der Waals surface area contributed by atoms with Crippen LogP contribution in [0.2, 0.25) is 0 Å². The number of nitriles is 1. The van der Waals surface area contributed by atoms with Crippen LogP contribution in [0.5, 0.6) is 5.75 Å². The number of ether oxygens (including phenoxy) is 1. The van der Waals surface area contributed by atoms with Crippen LogP contribution in [0.3, 0.4) is 0 Å². The number of hydrogen-bond donors (Lipinski definition) is 0. The van der Waals surface area contributed by atoms with E-state index in [4.69, 9.17) is 10.00 Å². The lowest BCUT2D eigenvalue weighted by atomic mass is 10.1. The molecule has 0 aliphatic rings. The first kappa shape index (κ1) is 13.0. The maximum atomic E-state index is 11.5. The first-order valence-corrected chi connectivity index (χ1v) is 7.02. The van der Waals surface area contributed by atoms with Crippen LogP contribution in [0.15, 0.2) is 21.5 Å². The lowest BCUT2D eigenvalue weighted by molar-refractivity contribution is 0.400. The molecule has 1 aromatic carbocycles. The van der Waals surface area contributed by atoms with Crippen molar-refractivity contribution >= 4 is 25.8 Å². The molecule has 0 radical (unpaired) electrons. The minimum atomic E-state index is -3.37. The van der Waals surface area contributed by atoms with Gasteiger partial charge in [0.05, 0.1) is 24.1 Å². The van der Waals surface area contributed by atoms with Crippen molar-refractivity contribution in [3.8, 4) is 11.8 Å². The average Bonchev–Trinajstić information content (AvgIpc) is 2.16. The zero-order valence-electron chi connectivity index (χ0n) is 8.82. The van der Waals surface area contributed by atoms with Crippen molar-refractivity contribution in [2.45, 2.75) is 11.3 Å². The summed E-state index contributed by atoms with van der Waals surface area (Å²) in [6, 6.07) is 5.11. The molecule has 0 fully saturated rings. The Bertz CT molecular complexity index is 546. The molecule has 4 nitrogen and oxygen atoms in total. The lowest BCUT2D eigenvalue weighted by Gasteiger charge is -2.10. The smallest absolute Gasteiger partial charge is 0.179 e. The van der Waals surface area contributed by atoms with Crippen LogP contribution >= 0.6 is 15.9 Å². The van der Waals surface area contributed by atoms with Crippen molar-refractivity contribution in [2.24, 2.45) is 0 Å². The first-order chi connectivity index (χ1) is 7.40. The van der Waals surface area contributed by atoms with Crippen LogP contribution < -0.4 is 4.74 Å². The zero-order valence-corrected chi connectivity index (χ0v) is 11.2. The molecule has 0 saturated heterocycles. The van der Waals surface area contributed by atoms with E-state index in [0.29, 0.717) is 10.0 Å². The summed E-state index contributed by atoms with van der Waals surface area (Å²) in [5, 5.41) is 8.58. The van der Waals surface area contributed by atoms with Gasteiger partial charge in [0.2, 0.25) is 0 Å². The van der Waals surface area contributed by atoms with E-state index >= 15 is 0 Å². The molecule has 86 valence electrons. The van der Waals surface area contributed by atoms with Gasteiger partial charge in [-0.15, -0.1) is 0 Å². The molecule has 1 aromatic rings. The van der Waals surface area contributed by atoms with E-state index in [1.807, 2.05) is 6.07 Å². The molecular weight excluding hydrogens is 294 g/mol. The van der Waals surface area contributed by atoms with E-state index in [0.717, 1.165) is 6.26 Å². The Morgan fingerprint density at radius 3 is 2.56 bits per heavy atom. The maximum absolute atomic E-state index is 11.5. The van der Waals surface area contributed by atoms with Gasteiger partial charge in [-0.1, -0.05) is 0 Å². The Kier molecular flexibility index (Phi) is 3.94. The van der Waals surface area contributed by atoms with Crippen molar-refractivity contribution in [1.82, 2.24) is 0 Å². The number of hydrogen-bond acceptors (Lipinski definition) is 4. The molecule has 0 aliphatic carbocycles. The van der Waals surface area contributed by atoms with E-state index in [1.165, 1.54) is 13.2 Å². The van der Waals surface area contributed by atoms with Gasteiger partial charge >= 0.3 is 0 Å². The van der Waals surface area contributed by atoms with Gasteiger partial charge in [0, 0.05) is 6.26 Å². The standard InChI is InChI=1S/C10H10BrNO3S/c1-15-10-8(11)5-7(3-4-12)6-9(10)16(2,13)14/h5-6H,3H2,1-2H3. The third kappa shape index (κ3) is 2.74. The Morgan fingerprint density at radius 2 is 2.12 bits per heavy atom. The fraction of sp³-hybridized carbons (Fsp3) is 0.300. The van der Waals surface area contributed by atoms with Gasteiger partial charge < -0.3 is 4.74 Å². The Hall–Kier alpha value is -1.06. The summed E-state index contributed by atoms with van der Waals surface area (Å²) < 4.78 is 28.6. The van der Waals surface area contributed by atoms with Crippen LogP contribution in [0, 0.1) is 11.3 Å². The van der Waals surface area contributed by atoms with Gasteiger partial charge in [0.25, 0.3) is 0 Å². The highest BCUT2D eigenvalue weighted by Crippen LogP contribution is 2.33. The molecule has 0 aliphatic heterocycles. The van der Waals surface area contributed by atoms with Crippen molar-refractivity contribution in [3.05, 3.63) is 22.2 Å². The monoisotopic (exact) mass is 303 g/mol. The molecule has 16 heavy (non-hydrogen) atoms. The van der Waals surface area contributed by atoms with Gasteiger partial charge in [0.15, 0.2) is 15.6 Å². The molecule has 0 atom stereocenters. The molecule has 0 aromatic heterocycles. The third-order valence-electron chi connectivity index (χ3n) is 1.96. The molecule has 0 saturated carbocycles. The SMILES string of the molecule is COc1c(Br)cc(CC#N)cc1S(C)(=O)=O. The summed E-state index contributed by atoms with van der Waals surface area (Å²) in [6.07, 6.45) is 1.26. The minimum absolute atomic E-state index is 0.0922. The zero-order chi connectivity index (χ0) is 12.3. The number of benzene rings is 1. The Balaban J connectivity index is 3.51. The summed E-state index contributed by atoms with van der Waals surface area (Å²) in [4.78, 5) is 0.0922. The van der Waals surface area contributed by atoms with Crippen LogP contribution in [-0.4, -0.2) is 21.8 Å². The van der Waals surface area contributed by atoms with Gasteiger partial charge in [0.1, 0.15) is 4.90 Å². The fourth-order valence-corrected chi connectivity index (χ4v) is 2.98. The maximum Gasteiger partial charge on any atom is 0.179 e. The number of sulfone groups is 1. The molecule has 0 bridgehead atoms. The second kappa shape index (κ2) is 4.85. The number of methoxy groups -OCH3 is 1. The molecule has 0 spiro atoms. The second-order valence-electron chi connectivity index (χ2n) is 3.22. The highest BCUT2D eigenvalue weighted by molar-refractivity contribution is 9.10. The number of nitrogens with zero attached hydrogens (tertiary/aromatic N) is 1. The van der Waals surface area contributed by atoms with E-state index < -0.39 is 9.84 Å². The second-order valence-corrected chi connectivity index (χ2v) is 6.05. The fourth-order valence-electron chi connectivity index (χ4n) is 1.29. The van der Waals surface area contributed by atoms with Crippen molar-refractivity contribution in [3.63, 3.8) is 0 Å². The quantitative estimate of drug-likeness (QED) is 0.855. The first-order valence-electron chi connectivity index (χ1n) is 4.33. The lowest BCUT2D eigenvalue weighted by Crippen LogP contribution is -2.02. The van der Waals surface area contributed by atoms with Crippen molar-refractivity contribution in [2.75, 3.05) is 13.4 Å². The molecular formula is C10H10BrNO3S. The predicted octanol–water partition coefficient (Wildman–Crippen LogP) is 1.93. The highest BCUT2D eigenvalue weighted by Gasteiger charge is 2.18. The summed E-state index contributed by atoms with van der Waals surface area (Å²) in [7, 11) is -1.97. The summed E-state index contributed by atoms with van der Waals surface area (Å²) >= 11 is 3.22. The van der Waals surface area contributed by atoms with E-state index in [1.54, 1.807) is 6.07 Å². The average molecular weight is 304 g/mol. The van der Waals surface area contributed by atoms with Crippen molar-refractivity contribution < 1.29 is 13.2 Å². The molecule has 0 heterocycles. The predicted molar refractivity (Wildman–Crippen MR) is 63.1 cm³/mol. The van der Waals surface area contributed by atoms with Crippen LogP contribution in [-0.2, 0) is 16.3 Å². The van der Waals surface area contributed by atoms with Gasteiger partial charge in [-0.05, 0) is 33.6 Å². The topological polar surface area (TPSA) is 67.2 Å². The van der Waals surface area contributed by atoms with E-state index in [-0.39, 0.29) is 17.1 Å². The van der Waals surface area contributed by atoms with Gasteiger partial charge in [-0.3, -0.25) is 0 Å². The molecule has 6 heteroatoms. The number of rotatable bonds is 3. The molecule has 0 N–H and O–H groups in total. The van der Waals surface area contributed by atoms with Crippen LogP contribution in [0.25, 0.3) is 0 Å². The van der Waals surface area contributed by atoms with E-state index in [9.17, 15) is 8.42 Å². The largest absolute Gasteiger partial charge is 0.494 e. The van der Waals surface area contributed by atoms with Gasteiger partial charge in [-0.2, -0.15) is 5.26 Å². The van der Waals surface area contributed by atoms with Crippen LogP contribution in [0.1, 0.15) is 5.56 Å².